The van der Waals surface area contributed by atoms with E-state index in [4.69, 9.17) is 25.8 Å². The van der Waals surface area contributed by atoms with E-state index in [2.05, 4.69) is 20.2 Å². The molecule has 4 aromatic rings. The van der Waals surface area contributed by atoms with Crippen LogP contribution in [0.15, 0.2) is 79.2 Å². The van der Waals surface area contributed by atoms with Gasteiger partial charge in [-0.2, -0.15) is 0 Å². The molecule has 0 bridgehead atoms. The molecule has 0 spiro atoms. The first-order valence-electron chi connectivity index (χ1n) is 14.9. The summed E-state index contributed by atoms with van der Waals surface area (Å²) in [6, 6.07) is 16.4. The molecule has 0 radical (unpaired) electrons. The number of ether oxygens (including phenoxy) is 3. The number of ketones is 2. The fourth-order valence-electron chi connectivity index (χ4n) is 5.45. The van der Waals surface area contributed by atoms with E-state index in [1.807, 2.05) is 30.3 Å². The first-order valence-corrected chi connectivity index (χ1v) is 15.3. The van der Waals surface area contributed by atoms with Gasteiger partial charge in [0, 0.05) is 39.8 Å². The number of carbonyl (C=O) groups is 2. The Hall–Kier alpha value is -4.73. The van der Waals surface area contributed by atoms with Gasteiger partial charge in [0.2, 0.25) is 0 Å². The maximum Gasteiger partial charge on any atom is 0.186 e. The summed E-state index contributed by atoms with van der Waals surface area (Å²) in [7, 11) is 1.61. The van der Waals surface area contributed by atoms with Crippen LogP contribution in [0.3, 0.4) is 0 Å². The molecule has 2 aliphatic rings. The molecule has 45 heavy (non-hydrogen) atoms. The van der Waals surface area contributed by atoms with E-state index in [1.54, 1.807) is 31.4 Å². The van der Waals surface area contributed by atoms with Gasteiger partial charge in [0.1, 0.15) is 24.5 Å². The Morgan fingerprint density at radius 2 is 1.73 bits per heavy atom. The molecule has 230 valence electrons. The number of carbonyl (C=O) groups excluding carboxylic acids is 2. The molecular formula is C35H33ClN4O5. The van der Waals surface area contributed by atoms with Crippen LogP contribution in [-0.2, 0) is 16.2 Å². The quantitative estimate of drug-likeness (QED) is 0.138. The number of rotatable bonds is 12. The number of methoxy groups -OCH3 is 1. The lowest BCUT2D eigenvalue weighted by Crippen LogP contribution is -2.21. The third-order valence-electron chi connectivity index (χ3n) is 7.79. The summed E-state index contributed by atoms with van der Waals surface area (Å²) < 4.78 is 17.9. The molecule has 0 saturated carbocycles. The number of likely N-dealkylation sites (tertiary alicyclic amines) is 1. The first kappa shape index (κ1) is 30.3. The Kier molecular flexibility index (Phi) is 9.38. The summed E-state index contributed by atoms with van der Waals surface area (Å²) in [5.74, 6) is 1.65. The number of halogens is 1. The minimum Gasteiger partial charge on any atom is -0.493 e. The molecular weight excluding hydrogens is 592 g/mol. The Balaban J connectivity index is 1.25. The molecule has 9 nitrogen and oxygen atoms in total. The molecule has 0 unspecified atom stereocenters. The molecule has 1 aliphatic heterocycles. The molecule has 10 heteroatoms. The van der Waals surface area contributed by atoms with Gasteiger partial charge < -0.3 is 24.4 Å². The number of hydrogen-bond donors (Lipinski definition) is 1. The highest BCUT2D eigenvalue weighted by Crippen LogP contribution is 2.37. The summed E-state index contributed by atoms with van der Waals surface area (Å²) in [5.41, 5.74) is 2.96. The van der Waals surface area contributed by atoms with E-state index in [-0.39, 0.29) is 23.7 Å². The Morgan fingerprint density at radius 1 is 0.911 bits per heavy atom. The number of nitrogens with zero attached hydrogens (tertiary/aromatic N) is 3. The van der Waals surface area contributed by atoms with Gasteiger partial charge in [0.15, 0.2) is 23.1 Å². The predicted octanol–water partition coefficient (Wildman–Crippen LogP) is 6.57. The zero-order chi connectivity index (χ0) is 31.2. The second kappa shape index (κ2) is 13.9. The van der Waals surface area contributed by atoms with Gasteiger partial charge in [-0.15, -0.1) is 0 Å². The van der Waals surface area contributed by atoms with Crippen molar-refractivity contribution in [2.24, 2.45) is 0 Å². The van der Waals surface area contributed by atoms with Crippen molar-refractivity contribution in [3.05, 3.63) is 95.3 Å². The van der Waals surface area contributed by atoms with Crippen molar-refractivity contribution >= 4 is 51.1 Å². The second-order valence-corrected chi connectivity index (χ2v) is 11.3. The van der Waals surface area contributed by atoms with Crippen LogP contribution in [-0.4, -0.2) is 59.8 Å². The lowest BCUT2D eigenvalue weighted by atomic mass is 9.95. The molecule has 6 rings (SSSR count). The van der Waals surface area contributed by atoms with E-state index < -0.39 is 0 Å². The minimum absolute atomic E-state index is 0.248. The summed E-state index contributed by atoms with van der Waals surface area (Å²) in [6.45, 7) is 4.18. The normalized spacial score (nSPS) is 14.9. The van der Waals surface area contributed by atoms with E-state index in [9.17, 15) is 9.59 Å². The van der Waals surface area contributed by atoms with Crippen molar-refractivity contribution < 1.29 is 23.8 Å². The van der Waals surface area contributed by atoms with Gasteiger partial charge in [-0.05, 0) is 92.5 Å². The molecule has 3 aromatic carbocycles. The van der Waals surface area contributed by atoms with E-state index >= 15 is 0 Å². The van der Waals surface area contributed by atoms with Crippen LogP contribution in [0.1, 0.15) is 30.4 Å². The summed E-state index contributed by atoms with van der Waals surface area (Å²) >= 11 is 6.02. The van der Waals surface area contributed by atoms with Crippen LogP contribution in [0.4, 0.5) is 11.5 Å². The molecule has 1 fully saturated rings. The first-order chi connectivity index (χ1) is 22.0. The van der Waals surface area contributed by atoms with Crippen molar-refractivity contribution in [1.29, 1.82) is 0 Å². The van der Waals surface area contributed by atoms with Crippen molar-refractivity contribution in [1.82, 2.24) is 14.9 Å². The maximum atomic E-state index is 12.9. The van der Waals surface area contributed by atoms with E-state index in [1.165, 1.54) is 37.4 Å². The Morgan fingerprint density at radius 3 is 2.53 bits per heavy atom. The predicted molar refractivity (Wildman–Crippen MR) is 175 cm³/mol. The summed E-state index contributed by atoms with van der Waals surface area (Å²) in [6.07, 6.45) is 8.81. The van der Waals surface area contributed by atoms with Crippen LogP contribution >= 0.6 is 11.6 Å². The largest absolute Gasteiger partial charge is 0.493 e. The van der Waals surface area contributed by atoms with Crippen LogP contribution in [0, 0.1) is 0 Å². The average molecular weight is 625 g/mol. The zero-order valence-corrected chi connectivity index (χ0v) is 25.7. The molecule has 1 aliphatic carbocycles. The van der Waals surface area contributed by atoms with Gasteiger partial charge in [-0.3, -0.25) is 9.59 Å². The number of hydrogen-bond acceptors (Lipinski definition) is 9. The highest BCUT2D eigenvalue weighted by Gasteiger charge is 2.21. The van der Waals surface area contributed by atoms with Crippen LogP contribution < -0.4 is 19.5 Å². The Bertz CT molecular complexity index is 1780. The summed E-state index contributed by atoms with van der Waals surface area (Å²) in [5, 5.41) is 4.71. The van der Waals surface area contributed by atoms with Gasteiger partial charge in [0.05, 0.1) is 19.2 Å². The average Bonchev–Trinajstić information content (AvgIpc) is 3.58. The van der Waals surface area contributed by atoms with Crippen LogP contribution in [0.5, 0.6) is 17.2 Å². The van der Waals surface area contributed by atoms with Crippen LogP contribution in [0.2, 0.25) is 5.02 Å². The topological polar surface area (TPSA) is 103 Å². The molecule has 1 aromatic heterocycles. The smallest absolute Gasteiger partial charge is 0.186 e. The second-order valence-electron chi connectivity index (χ2n) is 10.9. The summed E-state index contributed by atoms with van der Waals surface area (Å²) in [4.78, 5) is 36.5. The van der Waals surface area contributed by atoms with Crippen molar-refractivity contribution in [3.63, 3.8) is 0 Å². The third kappa shape index (κ3) is 7.33. The van der Waals surface area contributed by atoms with Crippen molar-refractivity contribution in [2.75, 3.05) is 38.7 Å². The zero-order valence-electron chi connectivity index (χ0n) is 24.9. The van der Waals surface area contributed by atoms with E-state index in [0.29, 0.717) is 51.5 Å². The lowest BCUT2D eigenvalue weighted by Gasteiger charge is -2.17. The van der Waals surface area contributed by atoms with E-state index in [0.717, 1.165) is 37.0 Å². The molecule has 0 amide bonds. The molecule has 1 N–H and O–H groups in total. The standard InChI is InChI=1S/C35H33ClN4O5/c1-43-33-19-29-30(20-34(33)44-16-4-15-40-13-2-3-14-40)37-22-38-35(29)39-25-9-12-32(45-21-23-5-7-24(36)8-6-23)28(17-25)27-18-26(41)10-11-31(27)42/h5-12,17-20,22H,2-4,13-16,21H2,1H3,(H,37,38,39). The molecule has 2 heterocycles. The number of allylic oxidation sites excluding steroid dienone is 4. The van der Waals surface area contributed by atoms with Crippen molar-refractivity contribution in [3.8, 4) is 17.2 Å². The Labute approximate surface area is 266 Å². The maximum absolute atomic E-state index is 12.9. The SMILES string of the molecule is COc1cc2c(Nc3ccc(OCc4ccc(Cl)cc4)c(C4=CC(=O)C=CC4=O)c3)ncnc2cc1OCCCN1CCCC1. The number of benzene rings is 3. The van der Waals surface area contributed by atoms with Gasteiger partial charge in [-0.1, -0.05) is 23.7 Å². The van der Waals surface area contributed by atoms with Gasteiger partial charge in [0.25, 0.3) is 0 Å². The highest BCUT2D eigenvalue weighted by atomic mass is 35.5. The highest BCUT2D eigenvalue weighted by molar-refractivity contribution is 6.34. The minimum atomic E-state index is -0.284. The fourth-order valence-corrected chi connectivity index (χ4v) is 5.58. The number of aromatic nitrogens is 2. The third-order valence-corrected chi connectivity index (χ3v) is 8.04. The lowest BCUT2D eigenvalue weighted by molar-refractivity contribution is -0.113. The number of fused-ring (bicyclic) bond motifs is 1. The fraction of sp³-hybridized carbons (Fsp3) is 0.257. The molecule has 0 atom stereocenters. The van der Waals surface area contributed by atoms with Crippen LogP contribution in [0.25, 0.3) is 16.5 Å². The van der Waals surface area contributed by atoms with Gasteiger partial charge in [-0.25, -0.2) is 9.97 Å². The number of nitrogens with one attached hydrogen (secondary N) is 1. The molecule has 1 saturated heterocycles. The van der Waals surface area contributed by atoms with Gasteiger partial charge >= 0.3 is 0 Å². The monoisotopic (exact) mass is 624 g/mol. The van der Waals surface area contributed by atoms with Crippen molar-refractivity contribution in [2.45, 2.75) is 25.9 Å². The number of anilines is 2.